The van der Waals surface area contributed by atoms with Gasteiger partial charge in [-0.15, -0.1) is 0 Å². The molecule has 0 aromatic heterocycles. The lowest BCUT2D eigenvalue weighted by Crippen LogP contribution is -2.54. The number of carbonyl (C=O) groups is 2. The first kappa shape index (κ1) is 14.9. The summed E-state index contributed by atoms with van der Waals surface area (Å²) in [4.78, 5) is 26.1. The number of anilines is 1. The van der Waals surface area contributed by atoms with E-state index in [2.05, 4.69) is 5.32 Å². The second-order valence-electron chi connectivity index (χ2n) is 4.88. The largest absolute Gasteiger partial charge is 0.508 e. The molecular formula is C17H12N2O3S. The van der Waals surface area contributed by atoms with Crippen LogP contribution in [0.15, 0.2) is 60.2 Å². The molecular weight excluding hydrogens is 312 g/mol. The lowest BCUT2D eigenvalue weighted by atomic mass is 10.1. The van der Waals surface area contributed by atoms with Gasteiger partial charge < -0.3 is 5.11 Å². The molecule has 0 spiro atoms. The van der Waals surface area contributed by atoms with Crippen molar-refractivity contribution in [2.75, 3.05) is 4.90 Å². The average molecular weight is 324 g/mol. The van der Waals surface area contributed by atoms with E-state index >= 15 is 0 Å². The number of para-hydroxylation sites is 1. The summed E-state index contributed by atoms with van der Waals surface area (Å²) in [6.07, 6.45) is 1.47. The lowest BCUT2D eigenvalue weighted by Gasteiger charge is -2.28. The van der Waals surface area contributed by atoms with Crippen LogP contribution in [0.2, 0.25) is 0 Å². The molecule has 0 saturated carbocycles. The van der Waals surface area contributed by atoms with E-state index in [1.54, 1.807) is 36.4 Å². The first-order chi connectivity index (χ1) is 11.1. The Morgan fingerprint density at radius 2 is 1.65 bits per heavy atom. The summed E-state index contributed by atoms with van der Waals surface area (Å²) in [5.74, 6) is -0.919. The number of phenols is 1. The zero-order valence-electron chi connectivity index (χ0n) is 11.9. The van der Waals surface area contributed by atoms with Gasteiger partial charge in [-0.1, -0.05) is 30.3 Å². The van der Waals surface area contributed by atoms with Crippen LogP contribution >= 0.6 is 12.2 Å². The van der Waals surface area contributed by atoms with E-state index in [0.717, 1.165) is 0 Å². The van der Waals surface area contributed by atoms with Crippen LogP contribution in [0.25, 0.3) is 6.08 Å². The summed E-state index contributed by atoms with van der Waals surface area (Å²) in [6, 6.07) is 15.1. The molecule has 6 heteroatoms. The molecule has 0 bridgehead atoms. The Balaban J connectivity index is 2.00. The van der Waals surface area contributed by atoms with Gasteiger partial charge in [0.05, 0.1) is 5.69 Å². The summed E-state index contributed by atoms with van der Waals surface area (Å²) in [5.41, 5.74) is 1.19. The number of rotatable bonds is 2. The predicted octanol–water partition coefficient (Wildman–Crippen LogP) is 2.22. The molecule has 0 unspecified atom stereocenters. The number of carbonyl (C=O) groups excluding carboxylic acids is 2. The molecule has 1 fully saturated rings. The summed E-state index contributed by atoms with van der Waals surface area (Å²) in [7, 11) is 0. The maximum Gasteiger partial charge on any atom is 0.270 e. The van der Waals surface area contributed by atoms with Crippen LogP contribution in [0.1, 0.15) is 5.56 Å². The molecule has 0 radical (unpaired) electrons. The van der Waals surface area contributed by atoms with Gasteiger partial charge in [0.2, 0.25) is 0 Å². The number of aromatic hydroxyl groups is 1. The first-order valence-corrected chi connectivity index (χ1v) is 7.22. The van der Waals surface area contributed by atoms with Crippen molar-refractivity contribution in [2.45, 2.75) is 0 Å². The topological polar surface area (TPSA) is 69.6 Å². The number of benzene rings is 2. The van der Waals surface area contributed by atoms with Gasteiger partial charge in [0.15, 0.2) is 5.11 Å². The second-order valence-corrected chi connectivity index (χ2v) is 5.27. The predicted molar refractivity (Wildman–Crippen MR) is 90.8 cm³/mol. The third-order valence-electron chi connectivity index (χ3n) is 3.32. The fourth-order valence-corrected chi connectivity index (χ4v) is 2.49. The Kier molecular flexibility index (Phi) is 3.91. The number of hydrogen-bond acceptors (Lipinski definition) is 4. The third kappa shape index (κ3) is 2.97. The highest BCUT2D eigenvalue weighted by Gasteiger charge is 2.34. The molecule has 23 heavy (non-hydrogen) atoms. The number of hydrogen-bond donors (Lipinski definition) is 2. The SMILES string of the molecule is O=C1NC(=S)N(c2ccccc2)C(=O)/C1=C\c1ccc(O)cc1. The quantitative estimate of drug-likeness (QED) is 0.505. The highest BCUT2D eigenvalue weighted by atomic mass is 32.1. The molecule has 2 N–H and O–H groups in total. The maximum atomic E-state index is 12.7. The Labute approximate surface area is 137 Å². The summed E-state index contributed by atoms with van der Waals surface area (Å²) >= 11 is 5.11. The van der Waals surface area contributed by atoms with Crippen molar-refractivity contribution in [3.63, 3.8) is 0 Å². The van der Waals surface area contributed by atoms with E-state index in [-0.39, 0.29) is 16.4 Å². The molecule has 2 aromatic carbocycles. The van der Waals surface area contributed by atoms with Gasteiger partial charge in [-0.3, -0.25) is 19.8 Å². The summed E-state index contributed by atoms with van der Waals surface area (Å²) in [5, 5.41) is 11.9. The molecule has 114 valence electrons. The smallest absolute Gasteiger partial charge is 0.270 e. The molecule has 2 amide bonds. The third-order valence-corrected chi connectivity index (χ3v) is 3.60. The van der Waals surface area contributed by atoms with Crippen molar-refractivity contribution in [1.29, 1.82) is 0 Å². The Bertz CT molecular complexity index is 813. The van der Waals surface area contributed by atoms with E-state index in [4.69, 9.17) is 12.2 Å². The van der Waals surface area contributed by atoms with Crippen molar-refractivity contribution in [3.05, 3.63) is 65.7 Å². The van der Waals surface area contributed by atoms with Crippen molar-refractivity contribution in [3.8, 4) is 5.75 Å². The van der Waals surface area contributed by atoms with Crippen LogP contribution in [-0.4, -0.2) is 22.0 Å². The minimum atomic E-state index is -0.541. The molecule has 1 aliphatic rings. The van der Waals surface area contributed by atoms with Gasteiger partial charge >= 0.3 is 0 Å². The Hall–Kier alpha value is -2.99. The summed E-state index contributed by atoms with van der Waals surface area (Å²) in [6.45, 7) is 0. The van der Waals surface area contributed by atoms with E-state index in [1.807, 2.05) is 6.07 Å². The molecule has 3 rings (SSSR count). The minimum absolute atomic E-state index is 0.0202. The maximum absolute atomic E-state index is 12.7. The van der Waals surface area contributed by atoms with E-state index in [0.29, 0.717) is 11.3 Å². The zero-order valence-corrected chi connectivity index (χ0v) is 12.7. The van der Waals surface area contributed by atoms with E-state index < -0.39 is 11.8 Å². The highest BCUT2D eigenvalue weighted by molar-refractivity contribution is 7.80. The van der Waals surface area contributed by atoms with Crippen molar-refractivity contribution >= 4 is 40.9 Å². The number of nitrogens with zero attached hydrogens (tertiary/aromatic N) is 1. The fraction of sp³-hybridized carbons (Fsp3) is 0. The van der Waals surface area contributed by atoms with Crippen LogP contribution in [0, 0.1) is 0 Å². The van der Waals surface area contributed by atoms with Crippen molar-refractivity contribution in [2.24, 2.45) is 0 Å². The number of nitrogens with one attached hydrogen (secondary N) is 1. The molecule has 1 aliphatic heterocycles. The van der Waals surface area contributed by atoms with Gasteiger partial charge in [-0.25, -0.2) is 0 Å². The lowest BCUT2D eigenvalue weighted by molar-refractivity contribution is -0.122. The Morgan fingerprint density at radius 1 is 1.00 bits per heavy atom. The van der Waals surface area contributed by atoms with Crippen LogP contribution in [-0.2, 0) is 9.59 Å². The van der Waals surface area contributed by atoms with Crippen molar-refractivity contribution in [1.82, 2.24) is 5.32 Å². The number of phenolic OH excluding ortho intramolecular Hbond substituents is 1. The van der Waals surface area contributed by atoms with E-state index in [9.17, 15) is 14.7 Å². The van der Waals surface area contributed by atoms with E-state index in [1.165, 1.54) is 23.1 Å². The molecule has 0 atom stereocenters. The van der Waals surface area contributed by atoms with Gasteiger partial charge in [-0.2, -0.15) is 0 Å². The molecule has 1 saturated heterocycles. The Morgan fingerprint density at radius 3 is 2.30 bits per heavy atom. The molecule has 2 aromatic rings. The zero-order chi connectivity index (χ0) is 16.4. The van der Waals surface area contributed by atoms with Gasteiger partial charge in [-0.05, 0) is 48.1 Å². The van der Waals surface area contributed by atoms with Crippen LogP contribution in [0.3, 0.4) is 0 Å². The van der Waals surface area contributed by atoms with Crippen LogP contribution < -0.4 is 10.2 Å². The first-order valence-electron chi connectivity index (χ1n) is 6.82. The van der Waals surface area contributed by atoms with Gasteiger partial charge in [0, 0.05) is 0 Å². The van der Waals surface area contributed by atoms with Gasteiger partial charge in [0.25, 0.3) is 11.8 Å². The standard InChI is InChI=1S/C17H12N2O3S/c20-13-8-6-11(7-9-13)10-14-15(21)18-17(23)19(16(14)22)12-4-2-1-3-5-12/h1-10,20H,(H,18,21,23)/b14-10-. The number of amides is 2. The van der Waals surface area contributed by atoms with Crippen LogP contribution in [0.4, 0.5) is 5.69 Å². The minimum Gasteiger partial charge on any atom is -0.508 e. The summed E-state index contributed by atoms with van der Waals surface area (Å²) < 4.78 is 0. The monoisotopic (exact) mass is 324 g/mol. The average Bonchev–Trinajstić information content (AvgIpc) is 2.54. The normalized spacial score (nSPS) is 16.6. The number of thiocarbonyl (C=S) groups is 1. The molecule has 5 nitrogen and oxygen atoms in total. The molecule has 1 heterocycles. The van der Waals surface area contributed by atoms with Crippen LogP contribution in [0.5, 0.6) is 5.75 Å². The second kappa shape index (κ2) is 6.02. The molecule has 0 aliphatic carbocycles. The van der Waals surface area contributed by atoms with Gasteiger partial charge in [0.1, 0.15) is 11.3 Å². The highest BCUT2D eigenvalue weighted by Crippen LogP contribution is 2.22. The van der Waals surface area contributed by atoms with Crippen molar-refractivity contribution < 1.29 is 14.7 Å². The fourth-order valence-electron chi connectivity index (χ4n) is 2.21.